The maximum atomic E-state index is 13.2. The molecule has 2 saturated heterocycles. The van der Waals surface area contributed by atoms with Gasteiger partial charge in [-0.25, -0.2) is 0 Å². The molecule has 0 aliphatic carbocycles. The molecule has 8 nitrogen and oxygen atoms in total. The Bertz CT molecular complexity index is 1030. The van der Waals surface area contributed by atoms with Crippen LogP contribution in [0.5, 0.6) is 0 Å². The molecule has 0 aromatic heterocycles. The fourth-order valence-corrected chi connectivity index (χ4v) is 4.80. The number of nitro groups is 1. The molecule has 0 unspecified atom stereocenters. The molecule has 4 rings (SSSR count). The van der Waals surface area contributed by atoms with E-state index in [4.69, 9.17) is 0 Å². The second-order valence-electron chi connectivity index (χ2n) is 9.10. The monoisotopic (exact) mass is 450 g/mol. The molecule has 2 heterocycles. The average Bonchev–Trinajstić information content (AvgIpc) is 2.84. The lowest BCUT2D eigenvalue weighted by atomic mass is 9.96. The molecule has 2 fully saturated rings. The number of piperidine rings is 2. The topological polar surface area (TPSA) is 95.8 Å². The van der Waals surface area contributed by atoms with Crippen molar-refractivity contribution in [2.24, 2.45) is 11.8 Å². The van der Waals surface area contributed by atoms with E-state index in [1.54, 1.807) is 17.0 Å². The number of anilines is 2. The van der Waals surface area contributed by atoms with Gasteiger partial charge in [-0.3, -0.25) is 19.7 Å². The van der Waals surface area contributed by atoms with Crippen LogP contribution in [-0.4, -0.2) is 47.8 Å². The molecule has 2 aromatic carbocycles. The third-order valence-corrected chi connectivity index (χ3v) is 6.54. The summed E-state index contributed by atoms with van der Waals surface area (Å²) in [4.78, 5) is 41.0. The third kappa shape index (κ3) is 5.32. The fourth-order valence-electron chi connectivity index (χ4n) is 4.80. The molecule has 2 amide bonds. The zero-order valence-electron chi connectivity index (χ0n) is 18.9. The highest BCUT2D eigenvalue weighted by atomic mass is 16.6. The van der Waals surface area contributed by atoms with E-state index in [1.165, 1.54) is 6.07 Å². The lowest BCUT2D eigenvalue weighted by molar-refractivity contribution is -0.384. The molecule has 0 radical (unpaired) electrons. The second-order valence-corrected chi connectivity index (χ2v) is 9.10. The SMILES string of the molecule is C[C@H]1CCCN(c2ccc(C(=O)N3CCC[C@H](C(=O)Nc4ccccc4)C3)cc2[N+](=O)[O-])C1. The lowest BCUT2D eigenvalue weighted by Gasteiger charge is -2.33. The molecule has 0 spiro atoms. The number of benzene rings is 2. The molecular weight excluding hydrogens is 420 g/mol. The van der Waals surface area contributed by atoms with Gasteiger partial charge in [-0.05, 0) is 55.9 Å². The van der Waals surface area contributed by atoms with E-state index in [-0.39, 0.29) is 23.4 Å². The number of carbonyl (C=O) groups is 2. The van der Waals surface area contributed by atoms with E-state index < -0.39 is 4.92 Å². The van der Waals surface area contributed by atoms with Crippen LogP contribution in [0.15, 0.2) is 48.5 Å². The standard InChI is InChI=1S/C25H30N4O4/c1-18-7-5-13-27(16-18)22-12-11-19(15-23(22)29(32)33)25(31)28-14-6-8-20(17-28)24(30)26-21-9-3-2-4-10-21/h2-4,9-12,15,18,20H,5-8,13-14,16-17H2,1H3,(H,26,30)/t18-,20-/m0/s1. The first-order valence-corrected chi connectivity index (χ1v) is 11.6. The molecule has 2 aromatic rings. The number of hydrogen-bond acceptors (Lipinski definition) is 5. The van der Waals surface area contributed by atoms with Crippen molar-refractivity contribution in [2.45, 2.75) is 32.6 Å². The van der Waals surface area contributed by atoms with Crippen LogP contribution < -0.4 is 10.2 Å². The van der Waals surface area contributed by atoms with Gasteiger partial charge in [0.1, 0.15) is 5.69 Å². The van der Waals surface area contributed by atoms with Crippen LogP contribution in [0, 0.1) is 22.0 Å². The van der Waals surface area contributed by atoms with Crippen LogP contribution >= 0.6 is 0 Å². The first-order chi connectivity index (χ1) is 15.9. The summed E-state index contributed by atoms with van der Waals surface area (Å²) >= 11 is 0. The predicted octanol–water partition coefficient (Wildman–Crippen LogP) is 4.32. The van der Waals surface area contributed by atoms with E-state index in [0.29, 0.717) is 43.1 Å². The van der Waals surface area contributed by atoms with Crippen LogP contribution in [0.4, 0.5) is 17.1 Å². The van der Waals surface area contributed by atoms with Gasteiger partial charge in [-0.15, -0.1) is 0 Å². The summed E-state index contributed by atoms with van der Waals surface area (Å²) < 4.78 is 0. The van der Waals surface area contributed by atoms with E-state index in [2.05, 4.69) is 12.2 Å². The van der Waals surface area contributed by atoms with Crippen LogP contribution in [0.3, 0.4) is 0 Å². The van der Waals surface area contributed by atoms with E-state index >= 15 is 0 Å². The van der Waals surface area contributed by atoms with Crippen LogP contribution in [0.25, 0.3) is 0 Å². The van der Waals surface area contributed by atoms with Gasteiger partial charge in [0, 0.05) is 43.5 Å². The van der Waals surface area contributed by atoms with Gasteiger partial charge in [0.05, 0.1) is 10.8 Å². The summed E-state index contributed by atoms with van der Waals surface area (Å²) in [5, 5.41) is 14.7. The van der Waals surface area contributed by atoms with Crippen LogP contribution in [0.1, 0.15) is 43.0 Å². The average molecular weight is 451 g/mol. The minimum absolute atomic E-state index is 0.0367. The van der Waals surface area contributed by atoms with Crippen molar-refractivity contribution in [3.05, 3.63) is 64.2 Å². The molecule has 2 aliphatic rings. The van der Waals surface area contributed by atoms with Gasteiger partial charge in [-0.2, -0.15) is 0 Å². The van der Waals surface area contributed by atoms with E-state index in [0.717, 1.165) is 31.6 Å². The largest absolute Gasteiger partial charge is 0.366 e. The molecule has 2 aliphatic heterocycles. The number of likely N-dealkylation sites (tertiary alicyclic amines) is 1. The van der Waals surface area contributed by atoms with Gasteiger partial charge < -0.3 is 15.1 Å². The highest BCUT2D eigenvalue weighted by Gasteiger charge is 2.31. The summed E-state index contributed by atoms with van der Waals surface area (Å²) in [5.41, 5.74) is 1.55. The highest BCUT2D eigenvalue weighted by Crippen LogP contribution is 2.33. The minimum Gasteiger partial charge on any atom is -0.366 e. The number of nitrogens with one attached hydrogen (secondary N) is 1. The summed E-state index contributed by atoms with van der Waals surface area (Å²) in [6, 6.07) is 14.0. The molecular formula is C25H30N4O4. The zero-order valence-corrected chi connectivity index (χ0v) is 18.9. The Hall–Kier alpha value is -3.42. The van der Waals surface area contributed by atoms with Gasteiger partial charge >= 0.3 is 0 Å². The Balaban J connectivity index is 1.48. The van der Waals surface area contributed by atoms with Crippen molar-refractivity contribution in [3.8, 4) is 0 Å². The lowest BCUT2D eigenvalue weighted by Crippen LogP contribution is -2.43. The maximum Gasteiger partial charge on any atom is 0.293 e. The fraction of sp³-hybridized carbons (Fsp3) is 0.440. The summed E-state index contributed by atoms with van der Waals surface area (Å²) in [7, 11) is 0. The van der Waals surface area contributed by atoms with Crippen LogP contribution in [0.2, 0.25) is 0 Å². The molecule has 33 heavy (non-hydrogen) atoms. The molecule has 0 saturated carbocycles. The summed E-state index contributed by atoms with van der Waals surface area (Å²) in [5.74, 6) is -0.216. The van der Waals surface area contributed by atoms with Crippen molar-refractivity contribution in [3.63, 3.8) is 0 Å². The van der Waals surface area contributed by atoms with Crippen molar-refractivity contribution in [1.29, 1.82) is 0 Å². The van der Waals surface area contributed by atoms with Crippen molar-refractivity contribution >= 4 is 28.9 Å². The number of para-hydroxylation sites is 1. The molecule has 2 atom stereocenters. The number of hydrogen-bond donors (Lipinski definition) is 1. The molecule has 0 bridgehead atoms. The van der Waals surface area contributed by atoms with E-state index in [1.807, 2.05) is 35.2 Å². The Kier molecular flexibility index (Phi) is 6.91. The first kappa shape index (κ1) is 22.8. The van der Waals surface area contributed by atoms with E-state index in [9.17, 15) is 19.7 Å². The van der Waals surface area contributed by atoms with Gasteiger partial charge in [0.25, 0.3) is 11.6 Å². The van der Waals surface area contributed by atoms with Gasteiger partial charge in [0.15, 0.2) is 0 Å². The number of amides is 2. The van der Waals surface area contributed by atoms with Gasteiger partial charge in [0.2, 0.25) is 5.91 Å². The zero-order chi connectivity index (χ0) is 23.4. The summed E-state index contributed by atoms with van der Waals surface area (Å²) in [6.07, 6.45) is 3.53. The van der Waals surface area contributed by atoms with Crippen LogP contribution in [-0.2, 0) is 4.79 Å². The Morgan fingerprint density at radius 2 is 1.79 bits per heavy atom. The number of nitrogens with zero attached hydrogens (tertiary/aromatic N) is 3. The van der Waals surface area contributed by atoms with Crippen molar-refractivity contribution < 1.29 is 14.5 Å². The number of rotatable bonds is 5. The Morgan fingerprint density at radius 3 is 2.52 bits per heavy atom. The van der Waals surface area contributed by atoms with Crippen molar-refractivity contribution in [1.82, 2.24) is 4.90 Å². The number of carbonyl (C=O) groups excluding carboxylic acids is 2. The first-order valence-electron chi connectivity index (χ1n) is 11.6. The minimum atomic E-state index is -0.405. The highest BCUT2D eigenvalue weighted by molar-refractivity contribution is 5.97. The Morgan fingerprint density at radius 1 is 1.03 bits per heavy atom. The van der Waals surface area contributed by atoms with Crippen molar-refractivity contribution in [2.75, 3.05) is 36.4 Å². The molecule has 174 valence electrons. The smallest absolute Gasteiger partial charge is 0.293 e. The normalized spacial score (nSPS) is 20.9. The third-order valence-electron chi connectivity index (χ3n) is 6.54. The molecule has 1 N–H and O–H groups in total. The molecule has 8 heteroatoms. The summed E-state index contributed by atoms with van der Waals surface area (Å²) in [6.45, 7) is 4.54. The quantitative estimate of drug-likeness (QED) is 0.541. The van der Waals surface area contributed by atoms with Gasteiger partial charge in [-0.1, -0.05) is 25.1 Å². The maximum absolute atomic E-state index is 13.2. The predicted molar refractivity (Wildman–Crippen MR) is 127 cm³/mol. The second kappa shape index (κ2) is 10.0. The Labute approximate surface area is 193 Å². The number of nitro benzene ring substituents is 1.